The summed E-state index contributed by atoms with van der Waals surface area (Å²) in [6.07, 6.45) is 12.7. The first-order valence-electron chi connectivity index (χ1n) is 6.43. The standard InChI is InChI=1S/C14H24O/c1-12-5-9-14(15,10-6-12)11-13(2)7-3-4-8-13/h5,9,12,15H,3-4,6-8,10-11H2,1-2H3. The molecular formula is C14H24O. The lowest BCUT2D eigenvalue weighted by Gasteiger charge is -2.37. The van der Waals surface area contributed by atoms with Crippen LogP contribution in [0.3, 0.4) is 0 Å². The average molecular weight is 208 g/mol. The van der Waals surface area contributed by atoms with Crippen LogP contribution in [-0.4, -0.2) is 10.7 Å². The monoisotopic (exact) mass is 208 g/mol. The molecule has 1 heteroatoms. The molecule has 0 spiro atoms. The molecule has 1 fully saturated rings. The molecule has 0 radical (unpaired) electrons. The van der Waals surface area contributed by atoms with Crippen molar-refractivity contribution in [2.45, 2.75) is 64.4 Å². The quantitative estimate of drug-likeness (QED) is 0.686. The number of allylic oxidation sites excluding steroid dienone is 1. The SMILES string of the molecule is CC1C=CC(O)(CC2(C)CCCC2)CC1. The Morgan fingerprint density at radius 2 is 1.93 bits per heavy atom. The second-order valence-corrected chi connectivity index (χ2v) is 6.17. The van der Waals surface area contributed by atoms with Crippen LogP contribution in [0.15, 0.2) is 12.2 Å². The van der Waals surface area contributed by atoms with Crippen LogP contribution in [0.25, 0.3) is 0 Å². The predicted octanol–water partition coefficient (Wildman–Crippen LogP) is 3.67. The Balaban J connectivity index is 2.01. The molecule has 0 aromatic rings. The van der Waals surface area contributed by atoms with E-state index >= 15 is 0 Å². The Morgan fingerprint density at radius 3 is 2.47 bits per heavy atom. The maximum absolute atomic E-state index is 10.5. The van der Waals surface area contributed by atoms with E-state index in [9.17, 15) is 5.11 Å². The Bertz CT molecular complexity index is 250. The Labute approximate surface area is 93.6 Å². The summed E-state index contributed by atoms with van der Waals surface area (Å²) in [5.74, 6) is 0.654. The molecule has 1 N–H and O–H groups in total. The zero-order valence-electron chi connectivity index (χ0n) is 10.1. The van der Waals surface area contributed by atoms with Crippen molar-refractivity contribution in [2.24, 2.45) is 11.3 Å². The van der Waals surface area contributed by atoms with Gasteiger partial charge < -0.3 is 5.11 Å². The van der Waals surface area contributed by atoms with Gasteiger partial charge in [0.25, 0.3) is 0 Å². The highest BCUT2D eigenvalue weighted by molar-refractivity contribution is 5.09. The van der Waals surface area contributed by atoms with E-state index in [0.29, 0.717) is 11.3 Å². The van der Waals surface area contributed by atoms with Gasteiger partial charge in [0.15, 0.2) is 0 Å². The molecule has 2 atom stereocenters. The van der Waals surface area contributed by atoms with E-state index in [2.05, 4.69) is 26.0 Å². The van der Waals surface area contributed by atoms with Gasteiger partial charge in [0, 0.05) is 0 Å². The third-order valence-corrected chi connectivity index (χ3v) is 4.31. The van der Waals surface area contributed by atoms with Crippen LogP contribution in [-0.2, 0) is 0 Å². The van der Waals surface area contributed by atoms with Crippen molar-refractivity contribution < 1.29 is 5.11 Å². The number of hydrogen-bond acceptors (Lipinski definition) is 1. The van der Waals surface area contributed by atoms with E-state index in [-0.39, 0.29) is 0 Å². The minimum Gasteiger partial charge on any atom is -0.386 e. The first kappa shape index (κ1) is 11.2. The first-order chi connectivity index (χ1) is 7.02. The Kier molecular flexibility index (Phi) is 2.94. The van der Waals surface area contributed by atoms with E-state index in [1.807, 2.05) is 0 Å². The summed E-state index contributed by atoms with van der Waals surface area (Å²) in [5.41, 5.74) is -0.0920. The zero-order valence-corrected chi connectivity index (χ0v) is 10.1. The van der Waals surface area contributed by atoms with Gasteiger partial charge in [-0.15, -0.1) is 0 Å². The molecule has 86 valence electrons. The van der Waals surface area contributed by atoms with Gasteiger partial charge in [-0.25, -0.2) is 0 Å². The fourth-order valence-corrected chi connectivity index (χ4v) is 3.29. The molecule has 2 aliphatic carbocycles. The molecule has 0 amide bonds. The second-order valence-electron chi connectivity index (χ2n) is 6.17. The van der Waals surface area contributed by atoms with Gasteiger partial charge >= 0.3 is 0 Å². The number of rotatable bonds is 2. The molecule has 0 aromatic heterocycles. The third-order valence-electron chi connectivity index (χ3n) is 4.31. The van der Waals surface area contributed by atoms with Crippen molar-refractivity contribution in [3.8, 4) is 0 Å². The minimum atomic E-state index is -0.494. The van der Waals surface area contributed by atoms with Crippen LogP contribution in [0.4, 0.5) is 0 Å². The van der Waals surface area contributed by atoms with Gasteiger partial charge in [0.1, 0.15) is 0 Å². The van der Waals surface area contributed by atoms with Crippen LogP contribution in [0.1, 0.15) is 58.8 Å². The first-order valence-corrected chi connectivity index (χ1v) is 6.43. The van der Waals surface area contributed by atoms with Crippen molar-refractivity contribution in [2.75, 3.05) is 0 Å². The minimum absolute atomic E-state index is 0.402. The van der Waals surface area contributed by atoms with Crippen molar-refractivity contribution in [3.05, 3.63) is 12.2 Å². The second kappa shape index (κ2) is 3.93. The van der Waals surface area contributed by atoms with Gasteiger partial charge in [0.05, 0.1) is 5.60 Å². The van der Waals surface area contributed by atoms with Crippen LogP contribution in [0.5, 0.6) is 0 Å². The fourth-order valence-electron chi connectivity index (χ4n) is 3.29. The summed E-state index contributed by atoms with van der Waals surface area (Å²) < 4.78 is 0. The molecule has 0 heterocycles. The van der Waals surface area contributed by atoms with E-state index in [1.165, 1.54) is 25.7 Å². The molecule has 0 aliphatic heterocycles. The highest BCUT2D eigenvalue weighted by atomic mass is 16.3. The van der Waals surface area contributed by atoms with Gasteiger partial charge in [0.2, 0.25) is 0 Å². The van der Waals surface area contributed by atoms with E-state index < -0.39 is 5.60 Å². The summed E-state index contributed by atoms with van der Waals surface area (Å²) in [5, 5.41) is 10.5. The molecular weight excluding hydrogens is 184 g/mol. The largest absolute Gasteiger partial charge is 0.386 e. The maximum atomic E-state index is 10.5. The summed E-state index contributed by atoms with van der Waals surface area (Å²) in [4.78, 5) is 0. The summed E-state index contributed by atoms with van der Waals surface area (Å²) >= 11 is 0. The molecule has 1 nitrogen and oxygen atoms in total. The van der Waals surface area contributed by atoms with Crippen molar-refractivity contribution in [1.29, 1.82) is 0 Å². The van der Waals surface area contributed by atoms with Crippen molar-refractivity contribution in [3.63, 3.8) is 0 Å². The molecule has 2 aliphatic rings. The van der Waals surface area contributed by atoms with Gasteiger partial charge in [-0.3, -0.25) is 0 Å². The molecule has 1 saturated carbocycles. The third kappa shape index (κ3) is 2.63. The van der Waals surface area contributed by atoms with E-state index in [4.69, 9.17) is 0 Å². The summed E-state index contributed by atoms with van der Waals surface area (Å²) in [7, 11) is 0. The fraction of sp³-hybridized carbons (Fsp3) is 0.857. The van der Waals surface area contributed by atoms with Gasteiger partial charge in [-0.2, -0.15) is 0 Å². The zero-order chi connectivity index (χ0) is 10.9. The molecule has 0 saturated heterocycles. The highest BCUT2D eigenvalue weighted by Gasteiger charge is 2.38. The van der Waals surface area contributed by atoms with Gasteiger partial charge in [-0.1, -0.05) is 38.8 Å². The van der Waals surface area contributed by atoms with E-state index in [0.717, 1.165) is 19.3 Å². The molecule has 0 bridgehead atoms. The predicted molar refractivity (Wildman–Crippen MR) is 63.7 cm³/mol. The van der Waals surface area contributed by atoms with Gasteiger partial charge in [-0.05, 0) is 43.4 Å². The number of aliphatic hydroxyl groups is 1. The highest BCUT2D eigenvalue weighted by Crippen LogP contribution is 2.46. The number of hydrogen-bond donors (Lipinski definition) is 1. The molecule has 2 rings (SSSR count). The van der Waals surface area contributed by atoms with Crippen molar-refractivity contribution in [1.82, 2.24) is 0 Å². The topological polar surface area (TPSA) is 20.2 Å². The van der Waals surface area contributed by atoms with E-state index in [1.54, 1.807) is 0 Å². The lowest BCUT2D eigenvalue weighted by Crippen LogP contribution is -2.35. The lowest BCUT2D eigenvalue weighted by atomic mass is 9.73. The van der Waals surface area contributed by atoms with Crippen LogP contribution in [0, 0.1) is 11.3 Å². The Hall–Kier alpha value is -0.300. The summed E-state index contributed by atoms with van der Waals surface area (Å²) in [6, 6.07) is 0. The molecule has 0 aromatic carbocycles. The lowest BCUT2D eigenvalue weighted by molar-refractivity contribution is 0.0214. The normalized spacial score (nSPS) is 39.5. The Morgan fingerprint density at radius 1 is 1.27 bits per heavy atom. The summed E-state index contributed by atoms with van der Waals surface area (Å²) in [6.45, 7) is 4.58. The van der Waals surface area contributed by atoms with Crippen LogP contribution >= 0.6 is 0 Å². The average Bonchev–Trinajstić information content (AvgIpc) is 2.57. The smallest absolute Gasteiger partial charge is 0.0833 e. The van der Waals surface area contributed by atoms with Crippen LogP contribution < -0.4 is 0 Å². The van der Waals surface area contributed by atoms with Crippen LogP contribution in [0.2, 0.25) is 0 Å². The molecule has 15 heavy (non-hydrogen) atoms. The molecule has 2 unspecified atom stereocenters. The maximum Gasteiger partial charge on any atom is 0.0833 e. The van der Waals surface area contributed by atoms with Crippen molar-refractivity contribution >= 4 is 0 Å².